The first kappa shape index (κ1) is 18.6. The molecule has 1 heterocycles. The summed E-state index contributed by atoms with van der Waals surface area (Å²) in [5, 5.41) is 4.63. The van der Waals surface area contributed by atoms with E-state index in [1.165, 1.54) is 12.8 Å². The van der Waals surface area contributed by atoms with Crippen molar-refractivity contribution in [2.75, 3.05) is 0 Å². The number of hydrogen-bond donors (Lipinski definition) is 3. The number of carbonyl (C=O) groups excluding carboxylic acids is 1. The molecule has 0 aliphatic heterocycles. The zero-order valence-corrected chi connectivity index (χ0v) is 16.3. The van der Waals surface area contributed by atoms with Crippen LogP contribution in [0.25, 0.3) is 10.9 Å². The molecule has 1 aromatic carbocycles. The van der Waals surface area contributed by atoms with Crippen molar-refractivity contribution < 1.29 is 4.79 Å². The van der Waals surface area contributed by atoms with Crippen molar-refractivity contribution in [3.63, 3.8) is 0 Å². The summed E-state index contributed by atoms with van der Waals surface area (Å²) < 4.78 is 0. The van der Waals surface area contributed by atoms with Gasteiger partial charge in [0.15, 0.2) is 5.11 Å². The first-order valence-electron chi connectivity index (χ1n) is 9.19. The normalized spacial score (nSPS) is 22.7. The number of nitrogens with zero attached hydrogens (tertiary/aromatic N) is 1. The Bertz CT molecular complexity index is 823. The maximum absolute atomic E-state index is 12.6. The highest BCUT2D eigenvalue weighted by atomic mass is 32.1. The Morgan fingerprint density at radius 1 is 1.19 bits per heavy atom. The van der Waals surface area contributed by atoms with Gasteiger partial charge in [-0.05, 0) is 49.5 Å². The van der Waals surface area contributed by atoms with Crippen molar-refractivity contribution in [2.45, 2.75) is 46.1 Å². The summed E-state index contributed by atoms with van der Waals surface area (Å²) in [6, 6.07) is 9.77. The SMILES string of the molecule is Cc1cc(C(=O)NNC(=S)N[C@@H]2CCC[C@@H](C)[C@@H]2C)c2ccccc2n1. The van der Waals surface area contributed by atoms with Crippen molar-refractivity contribution >= 4 is 34.1 Å². The third kappa shape index (κ3) is 4.12. The van der Waals surface area contributed by atoms with Crippen LogP contribution >= 0.6 is 12.2 Å². The summed E-state index contributed by atoms with van der Waals surface area (Å²) in [6.07, 6.45) is 3.58. The maximum Gasteiger partial charge on any atom is 0.270 e. The van der Waals surface area contributed by atoms with Crippen LogP contribution in [-0.4, -0.2) is 22.0 Å². The molecule has 138 valence electrons. The van der Waals surface area contributed by atoms with Gasteiger partial charge in [-0.1, -0.05) is 44.9 Å². The molecule has 0 spiro atoms. The number of amides is 1. The first-order valence-corrected chi connectivity index (χ1v) is 9.59. The fourth-order valence-corrected chi connectivity index (χ4v) is 3.87. The van der Waals surface area contributed by atoms with Gasteiger partial charge in [0.25, 0.3) is 5.91 Å². The van der Waals surface area contributed by atoms with Gasteiger partial charge in [0.2, 0.25) is 0 Å². The molecule has 3 atom stereocenters. The van der Waals surface area contributed by atoms with Gasteiger partial charge in [-0.3, -0.25) is 20.6 Å². The molecule has 6 heteroatoms. The van der Waals surface area contributed by atoms with Crippen LogP contribution < -0.4 is 16.2 Å². The number of pyridine rings is 1. The van der Waals surface area contributed by atoms with Gasteiger partial charge in [0.05, 0.1) is 11.1 Å². The van der Waals surface area contributed by atoms with Gasteiger partial charge < -0.3 is 5.32 Å². The Kier molecular flexibility index (Phi) is 5.71. The molecule has 0 unspecified atom stereocenters. The van der Waals surface area contributed by atoms with Gasteiger partial charge in [-0.25, -0.2) is 0 Å². The molecule has 1 saturated carbocycles. The number of aromatic nitrogens is 1. The zero-order chi connectivity index (χ0) is 18.7. The Balaban J connectivity index is 1.63. The number of benzene rings is 1. The number of hydrogen-bond acceptors (Lipinski definition) is 3. The lowest BCUT2D eigenvalue weighted by Crippen LogP contribution is -2.52. The minimum atomic E-state index is -0.221. The maximum atomic E-state index is 12.6. The fourth-order valence-electron chi connectivity index (χ4n) is 3.67. The number of para-hydroxylation sites is 1. The minimum absolute atomic E-state index is 0.221. The summed E-state index contributed by atoms with van der Waals surface area (Å²) in [4.78, 5) is 17.1. The van der Waals surface area contributed by atoms with Crippen molar-refractivity contribution in [1.82, 2.24) is 21.2 Å². The van der Waals surface area contributed by atoms with Crippen LogP contribution in [0.3, 0.4) is 0 Å². The quantitative estimate of drug-likeness (QED) is 0.558. The minimum Gasteiger partial charge on any atom is -0.358 e. The number of rotatable bonds is 2. The molecule has 1 fully saturated rings. The highest BCUT2D eigenvalue weighted by molar-refractivity contribution is 7.80. The predicted molar refractivity (Wildman–Crippen MR) is 109 cm³/mol. The molecule has 1 aliphatic carbocycles. The van der Waals surface area contributed by atoms with Crippen LogP contribution in [0.4, 0.5) is 0 Å². The molecular formula is C20H26N4OS. The summed E-state index contributed by atoms with van der Waals surface area (Å²) in [6.45, 7) is 6.43. The fraction of sp³-hybridized carbons (Fsp3) is 0.450. The second-order valence-corrected chi connectivity index (χ2v) is 7.66. The van der Waals surface area contributed by atoms with Crippen molar-refractivity contribution in [3.05, 3.63) is 41.6 Å². The average molecular weight is 371 g/mol. The molecule has 26 heavy (non-hydrogen) atoms. The topological polar surface area (TPSA) is 66.1 Å². The van der Waals surface area contributed by atoms with Gasteiger partial charge in [-0.2, -0.15) is 0 Å². The smallest absolute Gasteiger partial charge is 0.270 e. The number of aryl methyl sites for hydroxylation is 1. The van der Waals surface area contributed by atoms with Crippen molar-refractivity contribution in [2.24, 2.45) is 11.8 Å². The van der Waals surface area contributed by atoms with E-state index in [1.54, 1.807) is 6.07 Å². The number of carbonyl (C=O) groups is 1. The van der Waals surface area contributed by atoms with E-state index in [0.29, 0.717) is 28.6 Å². The number of fused-ring (bicyclic) bond motifs is 1. The van der Waals surface area contributed by atoms with E-state index in [9.17, 15) is 4.79 Å². The van der Waals surface area contributed by atoms with E-state index in [4.69, 9.17) is 12.2 Å². The largest absolute Gasteiger partial charge is 0.358 e. The molecule has 0 saturated heterocycles. The van der Waals surface area contributed by atoms with E-state index in [0.717, 1.165) is 23.0 Å². The first-order chi connectivity index (χ1) is 12.5. The standard InChI is InChI=1S/C20H26N4OS/c1-12-7-6-10-17(14(12)3)22-20(26)24-23-19(25)16-11-13(2)21-18-9-5-4-8-15(16)18/h4-5,8-9,11-12,14,17H,6-7,10H2,1-3H3,(H,23,25)(H2,22,24,26)/t12-,14+,17-/m1/s1. The summed E-state index contributed by atoms with van der Waals surface area (Å²) >= 11 is 5.37. The molecule has 2 aromatic rings. The Hall–Kier alpha value is -2.21. The van der Waals surface area contributed by atoms with Crippen LogP contribution in [0.1, 0.15) is 49.2 Å². The third-order valence-electron chi connectivity index (χ3n) is 5.40. The van der Waals surface area contributed by atoms with Crippen LogP contribution in [0, 0.1) is 18.8 Å². The van der Waals surface area contributed by atoms with Crippen LogP contribution in [0.5, 0.6) is 0 Å². The number of nitrogens with one attached hydrogen (secondary N) is 3. The van der Waals surface area contributed by atoms with E-state index in [2.05, 4.69) is 35.0 Å². The Morgan fingerprint density at radius 2 is 1.96 bits per heavy atom. The second kappa shape index (κ2) is 7.99. The Morgan fingerprint density at radius 3 is 2.77 bits per heavy atom. The van der Waals surface area contributed by atoms with Gasteiger partial charge in [0, 0.05) is 17.1 Å². The number of thiocarbonyl (C=S) groups is 1. The molecule has 0 bridgehead atoms. The zero-order valence-electron chi connectivity index (χ0n) is 15.5. The predicted octanol–water partition coefficient (Wildman–Crippen LogP) is 3.48. The molecule has 3 rings (SSSR count). The molecule has 5 nitrogen and oxygen atoms in total. The average Bonchev–Trinajstić information content (AvgIpc) is 2.62. The molecule has 3 N–H and O–H groups in total. The van der Waals surface area contributed by atoms with Crippen LogP contribution in [0.15, 0.2) is 30.3 Å². The van der Waals surface area contributed by atoms with Gasteiger partial charge in [-0.15, -0.1) is 0 Å². The molecule has 1 aliphatic rings. The molecule has 0 radical (unpaired) electrons. The van der Waals surface area contributed by atoms with Crippen LogP contribution in [-0.2, 0) is 0 Å². The van der Waals surface area contributed by atoms with E-state index < -0.39 is 0 Å². The van der Waals surface area contributed by atoms with E-state index >= 15 is 0 Å². The van der Waals surface area contributed by atoms with E-state index in [-0.39, 0.29) is 5.91 Å². The summed E-state index contributed by atoms with van der Waals surface area (Å²) in [5.74, 6) is 1.02. The second-order valence-electron chi connectivity index (χ2n) is 7.25. The summed E-state index contributed by atoms with van der Waals surface area (Å²) in [5.41, 5.74) is 7.76. The van der Waals surface area contributed by atoms with Crippen molar-refractivity contribution in [3.8, 4) is 0 Å². The van der Waals surface area contributed by atoms with Crippen LogP contribution in [0.2, 0.25) is 0 Å². The van der Waals surface area contributed by atoms with Gasteiger partial charge in [0.1, 0.15) is 0 Å². The third-order valence-corrected chi connectivity index (χ3v) is 5.62. The lowest BCUT2D eigenvalue weighted by molar-refractivity contribution is 0.0944. The molecule has 1 amide bonds. The molecular weight excluding hydrogens is 344 g/mol. The monoisotopic (exact) mass is 370 g/mol. The van der Waals surface area contributed by atoms with Gasteiger partial charge >= 0.3 is 0 Å². The van der Waals surface area contributed by atoms with Crippen molar-refractivity contribution in [1.29, 1.82) is 0 Å². The van der Waals surface area contributed by atoms with E-state index in [1.807, 2.05) is 31.2 Å². The Labute approximate surface area is 159 Å². The highest BCUT2D eigenvalue weighted by Gasteiger charge is 2.27. The number of hydrazine groups is 1. The lowest BCUT2D eigenvalue weighted by Gasteiger charge is -2.35. The highest BCUT2D eigenvalue weighted by Crippen LogP contribution is 2.29. The summed E-state index contributed by atoms with van der Waals surface area (Å²) in [7, 11) is 0. The lowest BCUT2D eigenvalue weighted by atomic mass is 9.78. The molecule has 1 aromatic heterocycles.